The Kier molecular flexibility index (Phi) is 4.35. The van der Waals surface area contributed by atoms with Crippen LogP contribution in [0.3, 0.4) is 0 Å². The molecule has 0 radical (unpaired) electrons. The van der Waals surface area contributed by atoms with E-state index in [0.29, 0.717) is 6.04 Å². The van der Waals surface area contributed by atoms with Crippen molar-refractivity contribution >= 4 is 6.08 Å². The molecule has 0 aliphatic carbocycles. The summed E-state index contributed by atoms with van der Waals surface area (Å²) in [6.45, 7) is 1.12. The van der Waals surface area contributed by atoms with Crippen LogP contribution in [0.5, 0.6) is 0 Å². The molecule has 0 aromatic heterocycles. The second-order valence-corrected chi connectivity index (χ2v) is 2.99. The molecule has 1 N–H and O–H groups in total. The van der Waals surface area contributed by atoms with Gasteiger partial charge in [0.25, 0.3) is 0 Å². The van der Waals surface area contributed by atoms with Gasteiger partial charge in [-0.2, -0.15) is 4.99 Å². The first kappa shape index (κ1) is 9.17. The molecule has 3 heteroatoms. The van der Waals surface area contributed by atoms with E-state index in [2.05, 4.69) is 10.3 Å². The van der Waals surface area contributed by atoms with Crippen molar-refractivity contribution in [1.82, 2.24) is 5.32 Å². The minimum atomic E-state index is 0.580. The van der Waals surface area contributed by atoms with Gasteiger partial charge in [0.15, 0.2) is 0 Å². The molecule has 0 aromatic carbocycles. The second kappa shape index (κ2) is 5.70. The van der Waals surface area contributed by atoms with Crippen molar-refractivity contribution in [2.75, 3.05) is 6.54 Å². The number of carbonyl (C=O) groups excluding carboxylic acids is 1. The number of aliphatic imine (C=N–C) groups is 1. The average molecular weight is 166 g/mol. The predicted octanol–water partition coefficient (Wildman–Crippen LogP) is 1.37. The summed E-state index contributed by atoms with van der Waals surface area (Å²) in [6.07, 6.45) is 9.69. The van der Waals surface area contributed by atoms with Crippen molar-refractivity contribution < 1.29 is 4.79 Å². The molecular formula is C9H14N2O. The maximum absolute atomic E-state index is 9.70. The van der Waals surface area contributed by atoms with Crippen LogP contribution in [0.15, 0.2) is 17.3 Å². The zero-order valence-corrected chi connectivity index (χ0v) is 7.12. The van der Waals surface area contributed by atoms with E-state index in [9.17, 15) is 4.79 Å². The van der Waals surface area contributed by atoms with Gasteiger partial charge in [-0.05, 0) is 25.8 Å². The van der Waals surface area contributed by atoms with Crippen molar-refractivity contribution in [2.45, 2.75) is 31.7 Å². The van der Waals surface area contributed by atoms with E-state index in [1.54, 1.807) is 0 Å². The third kappa shape index (κ3) is 3.46. The first-order valence-electron chi connectivity index (χ1n) is 4.39. The Morgan fingerprint density at radius 2 is 2.50 bits per heavy atom. The first-order chi connectivity index (χ1) is 5.93. The van der Waals surface area contributed by atoms with E-state index < -0.39 is 0 Å². The largest absolute Gasteiger partial charge is 0.314 e. The number of piperidine rings is 1. The molecule has 0 bridgehead atoms. The van der Waals surface area contributed by atoms with Crippen molar-refractivity contribution in [3.05, 3.63) is 12.3 Å². The van der Waals surface area contributed by atoms with Crippen molar-refractivity contribution in [3.8, 4) is 0 Å². The molecule has 1 aliphatic rings. The number of nitrogens with zero attached hydrogens (tertiary/aromatic N) is 1. The fourth-order valence-corrected chi connectivity index (χ4v) is 1.43. The quantitative estimate of drug-likeness (QED) is 0.508. The van der Waals surface area contributed by atoms with Crippen LogP contribution in [-0.2, 0) is 4.79 Å². The van der Waals surface area contributed by atoms with Gasteiger partial charge in [0, 0.05) is 12.2 Å². The molecule has 1 fully saturated rings. The smallest absolute Gasteiger partial charge is 0.239 e. The van der Waals surface area contributed by atoms with Gasteiger partial charge in [-0.1, -0.05) is 12.5 Å². The summed E-state index contributed by atoms with van der Waals surface area (Å²) in [7, 11) is 0. The molecule has 1 atom stereocenters. The fraction of sp³-hybridized carbons (Fsp3) is 0.667. The topological polar surface area (TPSA) is 41.5 Å². The average Bonchev–Trinajstić information content (AvgIpc) is 2.14. The highest BCUT2D eigenvalue weighted by molar-refractivity contribution is 5.34. The third-order valence-corrected chi connectivity index (χ3v) is 2.07. The molecule has 66 valence electrons. The molecule has 0 aromatic rings. The highest BCUT2D eigenvalue weighted by atomic mass is 16.1. The number of isocyanates is 1. The standard InChI is InChI=1S/C9H14N2O/c12-8-10-6-3-5-9-4-1-2-7-11-9/h3,6,9,11H,1-2,4-5,7H2/b6-3-. The van der Waals surface area contributed by atoms with Gasteiger partial charge in [0.2, 0.25) is 6.08 Å². The molecular weight excluding hydrogens is 152 g/mol. The highest BCUT2D eigenvalue weighted by Gasteiger charge is 2.09. The molecule has 0 spiro atoms. The Morgan fingerprint density at radius 1 is 1.58 bits per heavy atom. The van der Waals surface area contributed by atoms with Gasteiger partial charge in [-0.15, -0.1) is 0 Å². The first-order valence-corrected chi connectivity index (χ1v) is 4.39. The Balaban J connectivity index is 2.16. The number of hydrogen-bond acceptors (Lipinski definition) is 3. The van der Waals surface area contributed by atoms with E-state index in [0.717, 1.165) is 13.0 Å². The van der Waals surface area contributed by atoms with E-state index in [1.807, 2.05) is 6.08 Å². The van der Waals surface area contributed by atoms with Gasteiger partial charge in [-0.3, -0.25) is 0 Å². The highest BCUT2D eigenvalue weighted by Crippen LogP contribution is 2.09. The molecule has 1 heterocycles. The summed E-state index contributed by atoms with van der Waals surface area (Å²) in [6, 6.07) is 0.580. The van der Waals surface area contributed by atoms with Crippen LogP contribution < -0.4 is 5.32 Å². The molecule has 1 saturated heterocycles. The summed E-state index contributed by atoms with van der Waals surface area (Å²) >= 11 is 0. The Morgan fingerprint density at radius 3 is 3.17 bits per heavy atom. The van der Waals surface area contributed by atoms with Crippen LogP contribution in [0.4, 0.5) is 0 Å². The van der Waals surface area contributed by atoms with Gasteiger partial charge >= 0.3 is 0 Å². The summed E-state index contributed by atoms with van der Waals surface area (Å²) < 4.78 is 0. The lowest BCUT2D eigenvalue weighted by Crippen LogP contribution is -2.33. The van der Waals surface area contributed by atoms with Crippen molar-refractivity contribution in [1.29, 1.82) is 0 Å². The molecule has 1 aliphatic heterocycles. The zero-order valence-electron chi connectivity index (χ0n) is 7.12. The van der Waals surface area contributed by atoms with Gasteiger partial charge in [0.1, 0.15) is 0 Å². The SMILES string of the molecule is O=C=N/C=C\CC1CCCCN1. The Hall–Kier alpha value is -0.920. The summed E-state index contributed by atoms with van der Waals surface area (Å²) in [5, 5.41) is 3.40. The Bertz CT molecular complexity index is 189. The molecule has 0 saturated carbocycles. The molecule has 1 rings (SSSR count). The number of rotatable bonds is 3. The van der Waals surface area contributed by atoms with Crippen LogP contribution in [-0.4, -0.2) is 18.7 Å². The van der Waals surface area contributed by atoms with E-state index in [4.69, 9.17) is 0 Å². The Labute approximate surface area is 72.6 Å². The predicted molar refractivity (Wildman–Crippen MR) is 47.5 cm³/mol. The van der Waals surface area contributed by atoms with Crippen LogP contribution in [0.1, 0.15) is 25.7 Å². The summed E-state index contributed by atoms with van der Waals surface area (Å²) in [5.41, 5.74) is 0. The maximum Gasteiger partial charge on any atom is 0.239 e. The lowest BCUT2D eigenvalue weighted by atomic mass is 10.0. The van der Waals surface area contributed by atoms with Crippen LogP contribution in [0, 0.1) is 0 Å². The number of nitrogens with one attached hydrogen (secondary N) is 1. The maximum atomic E-state index is 9.70. The third-order valence-electron chi connectivity index (χ3n) is 2.07. The minimum Gasteiger partial charge on any atom is -0.314 e. The van der Waals surface area contributed by atoms with E-state index in [1.165, 1.54) is 31.5 Å². The van der Waals surface area contributed by atoms with Gasteiger partial charge in [-0.25, -0.2) is 4.79 Å². The second-order valence-electron chi connectivity index (χ2n) is 2.99. The number of hydrogen-bond donors (Lipinski definition) is 1. The molecule has 1 unspecified atom stereocenters. The van der Waals surface area contributed by atoms with Crippen LogP contribution in [0.25, 0.3) is 0 Å². The molecule has 3 nitrogen and oxygen atoms in total. The molecule has 12 heavy (non-hydrogen) atoms. The summed E-state index contributed by atoms with van der Waals surface area (Å²) in [5.74, 6) is 0. The lowest BCUT2D eigenvalue weighted by Gasteiger charge is -2.21. The van der Waals surface area contributed by atoms with E-state index >= 15 is 0 Å². The minimum absolute atomic E-state index is 0.580. The normalized spacial score (nSPS) is 23.8. The summed E-state index contributed by atoms with van der Waals surface area (Å²) in [4.78, 5) is 13.0. The van der Waals surface area contributed by atoms with Gasteiger partial charge in [0.05, 0.1) is 0 Å². The zero-order chi connectivity index (χ0) is 8.65. The van der Waals surface area contributed by atoms with Crippen LogP contribution in [0.2, 0.25) is 0 Å². The lowest BCUT2D eigenvalue weighted by molar-refractivity contribution is 0.403. The van der Waals surface area contributed by atoms with Crippen LogP contribution >= 0.6 is 0 Å². The monoisotopic (exact) mass is 166 g/mol. The van der Waals surface area contributed by atoms with Gasteiger partial charge < -0.3 is 5.32 Å². The fourth-order valence-electron chi connectivity index (χ4n) is 1.43. The van der Waals surface area contributed by atoms with Crippen molar-refractivity contribution in [3.63, 3.8) is 0 Å². The van der Waals surface area contributed by atoms with Crippen molar-refractivity contribution in [2.24, 2.45) is 4.99 Å². The van der Waals surface area contributed by atoms with E-state index in [-0.39, 0.29) is 0 Å². The molecule has 0 amide bonds.